The van der Waals surface area contributed by atoms with Crippen LogP contribution < -0.4 is 4.72 Å². The van der Waals surface area contributed by atoms with Crippen LogP contribution in [0.3, 0.4) is 0 Å². The van der Waals surface area contributed by atoms with Gasteiger partial charge in [-0.2, -0.15) is 0 Å². The molecule has 158 valence electrons. The minimum absolute atomic E-state index is 0.0504. The summed E-state index contributed by atoms with van der Waals surface area (Å²) in [5.41, 5.74) is 0.752. The normalized spacial score (nSPS) is 17.7. The van der Waals surface area contributed by atoms with Gasteiger partial charge in [-0.1, -0.05) is 25.5 Å². The SMILES string of the molecule is CCCCS(=O)(=O)NC1CCN(C(=O)CCN2C(=O)c3ccccc3C2=O)CC1. The Bertz CT molecular complexity index is 856. The number of likely N-dealkylation sites (tertiary alicyclic amines) is 1. The molecule has 0 atom stereocenters. The van der Waals surface area contributed by atoms with E-state index in [0.717, 1.165) is 11.3 Å². The summed E-state index contributed by atoms with van der Waals surface area (Å²) in [4.78, 5) is 40.0. The van der Waals surface area contributed by atoms with E-state index >= 15 is 0 Å². The molecule has 0 unspecified atom stereocenters. The van der Waals surface area contributed by atoms with Crippen molar-refractivity contribution in [2.24, 2.45) is 0 Å². The van der Waals surface area contributed by atoms with E-state index in [0.29, 0.717) is 43.5 Å². The number of sulfonamides is 1. The van der Waals surface area contributed by atoms with Crippen LogP contribution >= 0.6 is 0 Å². The molecule has 2 aliphatic rings. The molecule has 3 rings (SSSR count). The van der Waals surface area contributed by atoms with Gasteiger partial charge in [-0.3, -0.25) is 19.3 Å². The lowest BCUT2D eigenvalue weighted by molar-refractivity contribution is -0.132. The summed E-state index contributed by atoms with van der Waals surface area (Å²) in [5, 5.41) is 0. The Hall–Kier alpha value is -2.26. The van der Waals surface area contributed by atoms with Gasteiger partial charge in [0.2, 0.25) is 15.9 Å². The molecule has 8 nitrogen and oxygen atoms in total. The third-order valence-corrected chi connectivity index (χ3v) is 6.91. The number of amides is 3. The molecule has 1 aromatic carbocycles. The van der Waals surface area contributed by atoms with Gasteiger partial charge in [0.1, 0.15) is 0 Å². The van der Waals surface area contributed by atoms with E-state index in [1.54, 1.807) is 29.2 Å². The largest absolute Gasteiger partial charge is 0.343 e. The number of carbonyl (C=O) groups excluding carboxylic acids is 3. The van der Waals surface area contributed by atoms with Gasteiger partial charge in [0.15, 0.2) is 0 Å². The number of hydrogen-bond acceptors (Lipinski definition) is 5. The van der Waals surface area contributed by atoms with Crippen LogP contribution in [0.1, 0.15) is 59.7 Å². The van der Waals surface area contributed by atoms with Gasteiger partial charge < -0.3 is 4.90 Å². The number of rotatable bonds is 8. The maximum atomic E-state index is 12.5. The van der Waals surface area contributed by atoms with Crippen molar-refractivity contribution in [3.05, 3.63) is 35.4 Å². The summed E-state index contributed by atoms with van der Waals surface area (Å²) in [6, 6.07) is 6.49. The topological polar surface area (TPSA) is 104 Å². The number of carbonyl (C=O) groups is 3. The number of fused-ring (bicyclic) bond motifs is 1. The summed E-state index contributed by atoms with van der Waals surface area (Å²) in [6.45, 7) is 2.92. The average Bonchev–Trinajstić information content (AvgIpc) is 2.95. The number of nitrogens with one attached hydrogen (secondary N) is 1. The lowest BCUT2D eigenvalue weighted by atomic mass is 10.1. The predicted molar refractivity (Wildman–Crippen MR) is 108 cm³/mol. The Labute approximate surface area is 171 Å². The number of unbranched alkanes of at least 4 members (excludes halogenated alkanes) is 1. The third kappa shape index (κ3) is 5.02. The fourth-order valence-electron chi connectivity index (χ4n) is 3.70. The lowest BCUT2D eigenvalue weighted by Gasteiger charge is -2.32. The summed E-state index contributed by atoms with van der Waals surface area (Å²) in [7, 11) is -3.28. The zero-order valence-corrected chi connectivity index (χ0v) is 17.4. The zero-order chi connectivity index (χ0) is 21.0. The van der Waals surface area contributed by atoms with Crippen molar-refractivity contribution in [2.75, 3.05) is 25.4 Å². The molecule has 0 aromatic heterocycles. The molecule has 1 fully saturated rings. The van der Waals surface area contributed by atoms with Crippen LogP contribution in [0.15, 0.2) is 24.3 Å². The molecule has 9 heteroatoms. The summed E-state index contributed by atoms with van der Waals surface area (Å²) >= 11 is 0. The molecule has 0 spiro atoms. The van der Waals surface area contributed by atoms with Crippen molar-refractivity contribution < 1.29 is 22.8 Å². The van der Waals surface area contributed by atoms with E-state index in [4.69, 9.17) is 0 Å². The molecule has 1 N–H and O–H groups in total. The molecular weight excluding hydrogens is 394 g/mol. The van der Waals surface area contributed by atoms with Gasteiger partial charge in [0.05, 0.1) is 16.9 Å². The second-order valence-electron chi connectivity index (χ2n) is 7.50. The van der Waals surface area contributed by atoms with Crippen LogP contribution in [-0.2, 0) is 14.8 Å². The predicted octanol–water partition coefficient (Wildman–Crippen LogP) is 1.38. The van der Waals surface area contributed by atoms with E-state index in [1.807, 2.05) is 6.92 Å². The molecule has 0 saturated carbocycles. The fraction of sp³-hybridized carbons (Fsp3) is 0.550. The first-order valence-corrected chi connectivity index (χ1v) is 11.7. The van der Waals surface area contributed by atoms with Crippen LogP contribution in [0.2, 0.25) is 0 Å². The van der Waals surface area contributed by atoms with E-state index in [1.165, 1.54) is 0 Å². The number of imide groups is 1. The highest BCUT2D eigenvalue weighted by atomic mass is 32.2. The molecule has 3 amide bonds. The fourth-order valence-corrected chi connectivity index (χ4v) is 5.23. The van der Waals surface area contributed by atoms with Crippen LogP contribution in [-0.4, -0.2) is 67.4 Å². The van der Waals surface area contributed by atoms with Crippen LogP contribution in [0.4, 0.5) is 0 Å². The molecule has 1 saturated heterocycles. The van der Waals surface area contributed by atoms with E-state index in [2.05, 4.69) is 4.72 Å². The standard InChI is InChI=1S/C20H27N3O5S/c1-2-3-14-29(27,28)21-15-8-11-22(12-9-15)18(24)10-13-23-19(25)16-6-4-5-7-17(16)20(23)26/h4-7,15,21H,2-3,8-14H2,1H3. The summed E-state index contributed by atoms with van der Waals surface area (Å²) in [5.74, 6) is -0.728. The molecule has 0 bridgehead atoms. The Morgan fingerprint density at radius 3 is 2.24 bits per heavy atom. The number of benzene rings is 1. The van der Waals surface area contributed by atoms with Crippen molar-refractivity contribution in [3.8, 4) is 0 Å². The van der Waals surface area contributed by atoms with Crippen molar-refractivity contribution >= 4 is 27.7 Å². The molecular formula is C20H27N3O5S. The van der Waals surface area contributed by atoms with Crippen molar-refractivity contribution in [1.29, 1.82) is 0 Å². The van der Waals surface area contributed by atoms with Crippen LogP contribution in [0, 0.1) is 0 Å². The quantitative estimate of drug-likeness (QED) is 0.639. The summed E-state index contributed by atoms with van der Waals surface area (Å²) in [6.07, 6.45) is 2.64. The molecule has 0 aliphatic carbocycles. The Kier molecular flexibility index (Phi) is 6.69. The highest BCUT2D eigenvalue weighted by molar-refractivity contribution is 7.89. The van der Waals surface area contributed by atoms with Gasteiger partial charge in [-0.25, -0.2) is 13.1 Å². The minimum Gasteiger partial charge on any atom is -0.343 e. The van der Waals surface area contributed by atoms with Gasteiger partial charge in [-0.15, -0.1) is 0 Å². The maximum Gasteiger partial charge on any atom is 0.261 e. The second-order valence-corrected chi connectivity index (χ2v) is 9.38. The smallest absolute Gasteiger partial charge is 0.261 e. The first kappa shape index (κ1) is 21.4. The monoisotopic (exact) mass is 421 g/mol. The maximum absolute atomic E-state index is 12.5. The average molecular weight is 422 g/mol. The first-order chi connectivity index (χ1) is 13.8. The Balaban J connectivity index is 1.46. The molecule has 2 aliphatic heterocycles. The van der Waals surface area contributed by atoms with Crippen molar-refractivity contribution in [3.63, 3.8) is 0 Å². The summed E-state index contributed by atoms with van der Waals surface area (Å²) < 4.78 is 26.8. The second kappa shape index (κ2) is 9.04. The van der Waals surface area contributed by atoms with E-state index in [-0.39, 0.29) is 42.5 Å². The third-order valence-electron chi connectivity index (χ3n) is 5.39. The zero-order valence-electron chi connectivity index (χ0n) is 16.6. The number of nitrogens with zero attached hydrogens (tertiary/aromatic N) is 2. The van der Waals surface area contributed by atoms with Gasteiger partial charge in [0, 0.05) is 32.1 Å². The van der Waals surface area contributed by atoms with Crippen molar-refractivity contribution in [1.82, 2.24) is 14.5 Å². The molecule has 0 radical (unpaired) electrons. The van der Waals surface area contributed by atoms with Crippen LogP contribution in [0.25, 0.3) is 0 Å². The van der Waals surface area contributed by atoms with E-state index in [9.17, 15) is 22.8 Å². The lowest BCUT2D eigenvalue weighted by Crippen LogP contribution is -2.47. The van der Waals surface area contributed by atoms with Gasteiger partial charge in [-0.05, 0) is 31.4 Å². The molecule has 2 heterocycles. The van der Waals surface area contributed by atoms with Crippen molar-refractivity contribution in [2.45, 2.75) is 45.1 Å². The van der Waals surface area contributed by atoms with Crippen LogP contribution in [0.5, 0.6) is 0 Å². The molecule has 29 heavy (non-hydrogen) atoms. The minimum atomic E-state index is -3.28. The number of piperidine rings is 1. The Morgan fingerprint density at radius 2 is 1.69 bits per heavy atom. The molecule has 1 aromatic rings. The highest BCUT2D eigenvalue weighted by Gasteiger charge is 2.35. The van der Waals surface area contributed by atoms with Gasteiger partial charge in [0.25, 0.3) is 11.8 Å². The number of hydrogen-bond donors (Lipinski definition) is 1. The highest BCUT2D eigenvalue weighted by Crippen LogP contribution is 2.23. The first-order valence-electron chi connectivity index (χ1n) is 10.1. The van der Waals surface area contributed by atoms with E-state index < -0.39 is 10.0 Å². The van der Waals surface area contributed by atoms with Gasteiger partial charge >= 0.3 is 0 Å². The Morgan fingerprint density at radius 1 is 1.10 bits per heavy atom.